The number of rotatable bonds is 16. The lowest BCUT2D eigenvalue weighted by atomic mass is 10.1. The number of carboxylic acids is 1. The molecule has 5 heteroatoms. The van der Waals surface area contributed by atoms with Crippen LogP contribution in [-0.2, 0) is 9.68 Å². The van der Waals surface area contributed by atoms with Crippen LogP contribution < -0.4 is 0 Å². The van der Waals surface area contributed by atoms with Gasteiger partial charge in [-0.3, -0.25) is 10.1 Å². The molecule has 0 aliphatic carbocycles. The first-order chi connectivity index (χ1) is 12.1. The third-order valence-corrected chi connectivity index (χ3v) is 3.86. The Morgan fingerprint density at radius 3 is 2.20 bits per heavy atom. The van der Waals surface area contributed by atoms with E-state index in [1.165, 1.54) is 0 Å². The Kier molecular flexibility index (Phi) is 16.4. The van der Waals surface area contributed by atoms with E-state index in [0.29, 0.717) is 12.8 Å². The van der Waals surface area contributed by atoms with Crippen molar-refractivity contribution < 1.29 is 25.2 Å². The van der Waals surface area contributed by atoms with Crippen LogP contribution in [0, 0.1) is 0 Å². The van der Waals surface area contributed by atoms with Crippen LogP contribution in [0.25, 0.3) is 0 Å². The first kappa shape index (κ1) is 23.6. The summed E-state index contributed by atoms with van der Waals surface area (Å²) < 4.78 is 0. The van der Waals surface area contributed by atoms with Gasteiger partial charge in [0.2, 0.25) is 0 Å². The average molecular weight is 354 g/mol. The van der Waals surface area contributed by atoms with Gasteiger partial charge in [0.15, 0.2) is 0 Å². The number of aliphatic hydroxyl groups is 1. The standard InChI is InChI=1S/C20H34O5/c1-2-3-8-15-19(25-24)16-11-6-4-9-13-18(21)14-10-5-7-12-17-20(22)23/h4,6,9,11,13,16,18-19,21,24H,2-3,5,7-8,10,12,14-15,17H2,1H3,(H,22,23)/b6-4-,13-9+,16-11+/t18-,19+/m1/s1. The third-order valence-electron chi connectivity index (χ3n) is 3.86. The Morgan fingerprint density at radius 2 is 1.56 bits per heavy atom. The largest absolute Gasteiger partial charge is 0.481 e. The van der Waals surface area contributed by atoms with E-state index in [1.54, 1.807) is 12.2 Å². The van der Waals surface area contributed by atoms with E-state index < -0.39 is 12.1 Å². The highest BCUT2D eigenvalue weighted by atomic mass is 17.1. The van der Waals surface area contributed by atoms with E-state index in [-0.39, 0.29) is 12.5 Å². The maximum Gasteiger partial charge on any atom is 0.303 e. The highest BCUT2D eigenvalue weighted by Gasteiger charge is 2.02. The van der Waals surface area contributed by atoms with Gasteiger partial charge in [0.1, 0.15) is 6.10 Å². The van der Waals surface area contributed by atoms with Crippen molar-refractivity contribution in [3.63, 3.8) is 0 Å². The normalized spacial score (nSPS) is 14.7. The molecule has 0 aromatic carbocycles. The predicted octanol–water partition coefficient (Wildman–Crippen LogP) is 4.88. The molecule has 3 N–H and O–H groups in total. The van der Waals surface area contributed by atoms with Crippen molar-refractivity contribution in [2.75, 3.05) is 0 Å². The SMILES string of the molecule is CCCCC[C@@H](/C=C/C=C\C=C\[C@@H](O)CCCCCCC(=O)O)OO. The van der Waals surface area contributed by atoms with Gasteiger partial charge in [0.05, 0.1) is 6.10 Å². The zero-order chi connectivity index (χ0) is 18.8. The van der Waals surface area contributed by atoms with Crippen molar-refractivity contribution in [2.45, 2.75) is 83.3 Å². The molecule has 0 saturated carbocycles. The Morgan fingerprint density at radius 1 is 0.920 bits per heavy atom. The molecule has 25 heavy (non-hydrogen) atoms. The molecule has 0 saturated heterocycles. The minimum Gasteiger partial charge on any atom is -0.481 e. The van der Waals surface area contributed by atoms with Crippen molar-refractivity contribution >= 4 is 5.97 Å². The Labute approximate surface area is 151 Å². The van der Waals surface area contributed by atoms with Crippen molar-refractivity contribution in [3.8, 4) is 0 Å². The number of hydrogen-bond donors (Lipinski definition) is 3. The fourth-order valence-electron chi connectivity index (χ4n) is 2.37. The van der Waals surface area contributed by atoms with Crippen molar-refractivity contribution in [1.29, 1.82) is 0 Å². The van der Waals surface area contributed by atoms with Gasteiger partial charge in [-0.15, -0.1) is 0 Å². The highest BCUT2D eigenvalue weighted by molar-refractivity contribution is 5.66. The van der Waals surface area contributed by atoms with Crippen LogP contribution in [0.4, 0.5) is 0 Å². The molecule has 0 aliphatic rings. The average Bonchev–Trinajstić information content (AvgIpc) is 2.59. The summed E-state index contributed by atoms with van der Waals surface area (Å²) >= 11 is 0. The Balaban J connectivity index is 3.79. The van der Waals surface area contributed by atoms with Gasteiger partial charge in [0.25, 0.3) is 0 Å². The van der Waals surface area contributed by atoms with Crippen LogP contribution in [0.3, 0.4) is 0 Å². The Hall–Kier alpha value is -1.43. The summed E-state index contributed by atoms with van der Waals surface area (Å²) in [7, 11) is 0. The molecule has 0 aromatic rings. The molecule has 0 amide bonds. The van der Waals surface area contributed by atoms with Gasteiger partial charge in [-0.25, -0.2) is 4.89 Å². The molecule has 0 fully saturated rings. The van der Waals surface area contributed by atoms with Gasteiger partial charge < -0.3 is 10.2 Å². The molecular weight excluding hydrogens is 320 g/mol. The van der Waals surface area contributed by atoms with E-state index in [9.17, 15) is 9.90 Å². The van der Waals surface area contributed by atoms with E-state index in [4.69, 9.17) is 10.4 Å². The fraction of sp³-hybridized carbons (Fsp3) is 0.650. The first-order valence-electron chi connectivity index (χ1n) is 9.31. The van der Waals surface area contributed by atoms with E-state index in [1.807, 2.05) is 24.3 Å². The summed E-state index contributed by atoms with van der Waals surface area (Å²) in [4.78, 5) is 14.8. The van der Waals surface area contributed by atoms with Crippen LogP contribution in [0.15, 0.2) is 36.5 Å². The number of hydrogen-bond acceptors (Lipinski definition) is 4. The summed E-state index contributed by atoms with van der Waals surface area (Å²) in [6.45, 7) is 2.13. The summed E-state index contributed by atoms with van der Waals surface area (Å²) in [6.07, 6.45) is 18.5. The lowest BCUT2D eigenvalue weighted by molar-refractivity contribution is -0.267. The van der Waals surface area contributed by atoms with Crippen molar-refractivity contribution in [2.24, 2.45) is 0 Å². The fourth-order valence-corrected chi connectivity index (χ4v) is 2.37. The number of aliphatic hydroxyl groups excluding tert-OH is 1. The monoisotopic (exact) mass is 354 g/mol. The number of allylic oxidation sites excluding steroid dienone is 4. The van der Waals surface area contributed by atoms with Crippen LogP contribution >= 0.6 is 0 Å². The molecule has 144 valence electrons. The van der Waals surface area contributed by atoms with Gasteiger partial charge in [-0.2, -0.15) is 0 Å². The van der Waals surface area contributed by atoms with Gasteiger partial charge >= 0.3 is 5.97 Å². The summed E-state index contributed by atoms with van der Waals surface area (Å²) in [5, 5.41) is 27.2. The molecule has 0 radical (unpaired) electrons. The number of aliphatic carboxylic acids is 1. The van der Waals surface area contributed by atoms with E-state index in [2.05, 4.69) is 11.8 Å². The quantitative estimate of drug-likeness (QED) is 0.159. The first-order valence-corrected chi connectivity index (χ1v) is 9.31. The molecule has 0 heterocycles. The predicted molar refractivity (Wildman–Crippen MR) is 100 cm³/mol. The molecule has 0 bridgehead atoms. The topological polar surface area (TPSA) is 87.0 Å². The van der Waals surface area contributed by atoms with Gasteiger partial charge in [0, 0.05) is 6.42 Å². The number of carbonyl (C=O) groups is 1. The molecule has 0 spiro atoms. The van der Waals surface area contributed by atoms with Crippen molar-refractivity contribution in [1.82, 2.24) is 0 Å². The summed E-state index contributed by atoms with van der Waals surface area (Å²) in [5.74, 6) is -0.748. The molecule has 0 aromatic heterocycles. The van der Waals surface area contributed by atoms with Gasteiger partial charge in [-0.05, 0) is 19.3 Å². The van der Waals surface area contributed by atoms with Crippen molar-refractivity contribution in [3.05, 3.63) is 36.5 Å². The molecule has 0 rings (SSSR count). The summed E-state index contributed by atoms with van der Waals surface area (Å²) in [6, 6.07) is 0. The molecule has 0 aliphatic heterocycles. The minimum atomic E-state index is -0.748. The zero-order valence-corrected chi connectivity index (χ0v) is 15.3. The molecule has 5 nitrogen and oxygen atoms in total. The van der Waals surface area contributed by atoms with Crippen LogP contribution in [0.5, 0.6) is 0 Å². The highest BCUT2D eigenvalue weighted by Crippen LogP contribution is 2.09. The maximum absolute atomic E-state index is 10.4. The minimum absolute atomic E-state index is 0.224. The van der Waals surface area contributed by atoms with Crippen LogP contribution in [0.1, 0.15) is 71.1 Å². The lowest BCUT2D eigenvalue weighted by Gasteiger charge is -2.07. The second kappa shape index (κ2) is 17.4. The second-order valence-electron chi connectivity index (χ2n) is 6.21. The molecule has 2 atom stereocenters. The Bertz CT molecular complexity index is 401. The van der Waals surface area contributed by atoms with Crippen LogP contribution in [0.2, 0.25) is 0 Å². The van der Waals surface area contributed by atoms with Crippen LogP contribution in [-0.4, -0.2) is 33.6 Å². The number of carboxylic acid groups (broad SMARTS) is 1. The van der Waals surface area contributed by atoms with E-state index >= 15 is 0 Å². The molecular formula is C20H34O5. The summed E-state index contributed by atoms with van der Waals surface area (Å²) in [5.41, 5.74) is 0. The lowest BCUT2D eigenvalue weighted by Crippen LogP contribution is -2.06. The molecule has 0 unspecified atom stereocenters. The number of unbranched alkanes of at least 4 members (excludes halogenated alkanes) is 5. The second-order valence-corrected chi connectivity index (χ2v) is 6.21. The zero-order valence-electron chi connectivity index (χ0n) is 15.3. The van der Waals surface area contributed by atoms with Gasteiger partial charge in [-0.1, -0.05) is 81.9 Å². The maximum atomic E-state index is 10.4. The van der Waals surface area contributed by atoms with E-state index in [0.717, 1.165) is 44.9 Å². The smallest absolute Gasteiger partial charge is 0.303 e. The third kappa shape index (κ3) is 17.2.